The standard InChI is InChI=1S/C47H63N9O9/c1-6-27(4)39-45(63)51-33(23-30-24-48-32-17-11-10-16-31(30)32)41(59)49-25-37(58)50-34(22-29-14-8-7-9-15-29)46(64)55-20-12-18-35(55)42(60)52-38(26(2)3)44(62)54-40(28(5)57)47(65)56-21-13-19-36(56)43(61)53-39/h7-11,14-17,24,26-28,33-36,38-40,48,57H,6,12-13,18-23,25H2,1-5H3,(H,49,59)(H,50,58)(H,51,63)(H,52,60)(H,53,61)(H,54,62)/t27-,28+,33-,34-,35-,36-,38-,39-,40-/m0/s1. The van der Waals surface area contributed by atoms with E-state index in [4.69, 9.17) is 0 Å². The number of carbonyl (C=O) groups is 8. The maximum atomic E-state index is 14.4. The summed E-state index contributed by atoms with van der Waals surface area (Å²) in [6.45, 7) is 8.14. The van der Waals surface area contributed by atoms with Crippen LogP contribution in [0.5, 0.6) is 0 Å². The molecule has 18 heteroatoms. The molecule has 3 aliphatic rings. The number of para-hydroxylation sites is 1. The van der Waals surface area contributed by atoms with Gasteiger partial charge in [0, 0.05) is 43.0 Å². The lowest BCUT2D eigenvalue weighted by Crippen LogP contribution is -2.63. The molecular weight excluding hydrogens is 835 g/mol. The number of rotatable bonds is 8. The molecule has 3 fully saturated rings. The smallest absolute Gasteiger partial charge is 0.248 e. The number of nitrogens with zero attached hydrogens (tertiary/aromatic N) is 2. The number of hydrogen-bond donors (Lipinski definition) is 8. The molecule has 0 radical (unpaired) electrons. The van der Waals surface area contributed by atoms with Gasteiger partial charge >= 0.3 is 0 Å². The number of benzene rings is 2. The molecule has 3 aromatic rings. The fraction of sp³-hybridized carbons (Fsp3) is 0.532. The van der Waals surface area contributed by atoms with E-state index >= 15 is 0 Å². The summed E-state index contributed by atoms with van der Waals surface area (Å²) in [6.07, 6.45) is 2.28. The van der Waals surface area contributed by atoms with Crippen molar-refractivity contribution in [2.24, 2.45) is 11.8 Å². The molecule has 65 heavy (non-hydrogen) atoms. The topological polar surface area (TPSA) is 251 Å². The Kier molecular flexibility index (Phi) is 16.0. The number of aromatic amines is 1. The van der Waals surface area contributed by atoms with Crippen molar-refractivity contribution >= 4 is 58.2 Å². The lowest BCUT2D eigenvalue weighted by molar-refractivity contribution is -0.145. The Morgan fingerprint density at radius 2 is 1.22 bits per heavy atom. The molecule has 2 aromatic carbocycles. The summed E-state index contributed by atoms with van der Waals surface area (Å²) in [5, 5.41) is 28.2. The lowest BCUT2D eigenvalue weighted by atomic mass is 9.96. The van der Waals surface area contributed by atoms with E-state index in [9.17, 15) is 43.5 Å². The third-order valence-electron chi connectivity index (χ3n) is 12.8. The van der Waals surface area contributed by atoms with Crippen molar-refractivity contribution in [2.75, 3.05) is 19.6 Å². The first-order valence-corrected chi connectivity index (χ1v) is 22.7. The number of carbonyl (C=O) groups excluding carboxylic acids is 8. The molecule has 0 unspecified atom stereocenters. The van der Waals surface area contributed by atoms with E-state index in [1.165, 1.54) is 16.7 Å². The zero-order valence-electron chi connectivity index (χ0n) is 37.7. The first kappa shape index (κ1) is 48.2. The number of H-pyrrole nitrogens is 1. The number of aliphatic hydroxyl groups is 1. The molecular formula is C47H63N9O9. The Balaban J connectivity index is 1.36. The molecule has 6 rings (SSSR count). The molecule has 9 atom stereocenters. The van der Waals surface area contributed by atoms with Crippen molar-refractivity contribution in [2.45, 2.75) is 128 Å². The first-order chi connectivity index (χ1) is 31.1. The zero-order valence-corrected chi connectivity index (χ0v) is 37.7. The Bertz CT molecular complexity index is 2230. The van der Waals surface area contributed by atoms with Gasteiger partial charge in [0.2, 0.25) is 47.3 Å². The zero-order chi connectivity index (χ0) is 46.9. The van der Waals surface area contributed by atoms with E-state index in [1.54, 1.807) is 51.2 Å². The number of aromatic nitrogens is 1. The molecule has 0 aliphatic carbocycles. The fourth-order valence-electron chi connectivity index (χ4n) is 8.93. The molecule has 3 saturated heterocycles. The minimum Gasteiger partial charge on any atom is -0.391 e. The SMILES string of the molecule is CC[C@H](C)[C@@H]1NC(=O)[C@@H]2CCCN2C(=O)[C@H]([C@@H](C)O)NC(=O)[C@H](C(C)C)NC(=O)[C@@H]2CCCN2C(=O)[C@H](Cc2ccccc2)NC(=O)CNC(=O)[C@H](Cc2c[nH]c3ccccc23)NC1=O. The van der Waals surface area contributed by atoms with Crippen molar-refractivity contribution in [1.82, 2.24) is 46.7 Å². The highest BCUT2D eigenvalue weighted by molar-refractivity contribution is 5.99. The van der Waals surface area contributed by atoms with Crippen molar-refractivity contribution in [3.05, 3.63) is 71.9 Å². The average molecular weight is 898 g/mol. The number of aliphatic hydroxyl groups excluding tert-OH is 1. The highest BCUT2D eigenvalue weighted by Crippen LogP contribution is 2.24. The molecule has 4 heterocycles. The van der Waals surface area contributed by atoms with Crippen molar-refractivity contribution in [3.8, 4) is 0 Å². The quantitative estimate of drug-likeness (QED) is 0.157. The maximum Gasteiger partial charge on any atom is 0.248 e. The van der Waals surface area contributed by atoms with E-state index in [-0.39, 0.29) is 38.8 Å². The predicted octanol–water partition coefficient (Wildman–Crippen LogP) is 0.572. The maximum absolute atomic E-state index is 14.4. The van der Waals surface area contributed by atoms with Gasteiger partial charge in [-0.1, -0.05) is 82.6 Å². The van der Waals surface area contributed by atoms with Gasteiger partial charge in [-0.25, -0.2) is 0 Å². The van der Waals surface area contributed by atoms with E-state index < -0.39 is 114 Å². The van der Waals surface area contributed by atoms with Gasteiger partial charge in [0.1, 0.15) is 42.3 Å². The summed E-state index contributed by atoms with van der Waals surface area (Å²) in [4.78, 5) is 119. The minimum absolute atomic E-state index is 0.00688. The van der Waals surface area contributed by atoms with Crippen LogP contribution in [0.4, 0.5) is 0 Å². The van der Waals surface area contributed by atoms with Gasteiger partial charge in [-0.2, -0.15) is 0 Å². The molecule has 350 valence electrons. The Hall–Kier alpha value is -6.30. The molecule has 0 bridgehead atoms. The van der Waals surface area contributed by atoms with Gasteiger partial charge in [0.25, 0.3) is 0 Å². The summed E-state index contributed by atoms with van der Waals surface area (Å²) < 4.78 is 0. The number of nitrogens with one attached hydrogen (secondary N) is 7. The second-order valence-corrected chi connectivity index (χ2v) is 17.9. The van der Waals surface area contributed by atoms with Crippen molar-refractivity contribution in [3.63, 3.8) is 0 Å². The van der Waals surface area contributed by atoms with Gasteiger partial charge in [-0.15, -0.1) is 0 Å². The van der Waals surface area contributed by atoms with Crippen molar-refractivity contribution < 1.29 is 43.5 Å². The van der Waals surface area contributed by atoms with Crippen LogP contribution in [0.1, 0.15) is 77.8 Å². The third kappa shape index (κ3) is 11.5. The molecule has 0 spiro atoms. The summed E-state index contributed by atoms with van der Waals surface area (Å²) >= 11 is 0. The van der Waals surface area contributed by atoms with Gasteiger partial charge in [-0.05, 0) is 61.6 Å². The summed E-state index contributed by atoms with van der Waals surface area (Å²) in [6, 6.07) is 8.19. The van der Waals surface area contributed by atoms with Crippen LogP contribution in [0.3, 0.4) is 0 Å². The van der Waals surface area contributed by atoms with E-state index in [2.05, 4.69) is 36.9 Å². The van der Waals surface area contributed by atoms with Gasteiger partial charge in [-0.3, -0.25) is 38.4 Å². The van der Waals surface area contributed by atoms with Crippen molar-refractivity contribution in [1.29, 1.82) is 0 Å². The third-order valence-corrected chi connectivity index (χ3v) is 12.8. The van der Waals surface area contributed by atoms with Crippen LogP contribution in [0.25, 0.3) is 10.9 Å². The number of amides is 8. The average Bonchev–Trinajstić information content (AvgIpc) is 4.08. The Labute approximate surface area is 378 Å². The molecule has 18 nitrogen and oxygen atoms in total. The van der Waals surface area contributed by atoms with Gasteiger partial charge < -0.3 is 51.8 Å². The van der Waals surface area contributed by atoms with Crippen LogP contribution in [0.2, 0.25) is 0 Å². The predicted molar refractivity (Wildman–Crippen MR) is 240 cm³/mol. The van der Waals surface area contributed by atoms with Gasteiger partial charge in [0.05, 0.1) is 12.6 Å². The minimum atomic E-state index is -1.50. The highest BCUT2D eigenvalue weighted by Gasteiger charge is 2.43. The monoisotopic (exact) mass is 897 g/mol. The highest BCUT2D eigenvalue weighted by atomic mass is 16.3. The summed E-state index contributed by atoms with van der Waals surface area (Å²) in [5.41, 5.74) is 2.25. The molecule has 8 N–H and O–H groups in total. The summed E-state index contributed by atoms with van der Waals surface area (Å²) in [7, 11) is 0. The Morgan fingerprint density at radius 1 is 0.631 bits per heavy atom. The lowest BCUT2D eigenvalue weighted by Gasteiger charge is -2.33. The fourth-order valence-corrected chi connectivity index (χ4v) is 8.93. The van der Waals surface area contributed by atoms with Crippen LogP contribution < -0.4 is 31.9 Å². The summed E-state index contributed by atoms with van der Waals surface area (Å²) in [5.74, 6) is -6.20. The second kappa shape index (κ2) is 21.6. The largest absolute Gasteiger partial charge is 0.391 e. The van der Waals surface area contributed by atoms with E-state index in [0.717, 1.165) is 16.5 Å². The number of fused-ring (bicyclic) bond motifs is 3. The first-order valence-electron chi connectivity index (χ1n) is 22.7. The van der Waals surface area contributed by atoms with Gasteiger partial charge in [0.15, 0.2) is 0 Å². The normalized spacial score (nSPS) is 26.8. The van der Waals surface area contributed by atoms with Crippen LogP contribution in [-0.2, 0) is 51.2 Å². The van der Waals surface area contributed by atoms with Crippen LogP contribution in [0, 0.1) is 11.8 Å². The number of hydrogen-bond acceptors (Lipinski definition) is 9. The van der Waals surface area contributed by atoms with Crippen LogP contribution in [-0.4, -0.2) is 135 Å². The van der Waals surface area contributed by atoms with Crippen LogP contribution >= 0.6 is 0 Å². The molecule has 8 amide bonds. The Morgan fingerprint density at radius 3 is 1.85 bits per heavy atom. The van der Waals surface area contributed by atoms with E-state index in [1.807, 2.05) is 37.3 Å². The molecule has 3 aliphatic heterocycles. The molecule has 1 aromatic heterocycles. The second-order valence-electron chi connectivity index (χ2n) is 17.9. The van der Waals surface area contributed by atoms with E-state index in [0.29, 0.717) is 24.8 Å². The molecule has 0 saturated carbocycles. The van der Waals surface area contributed by atoms with Crippen LogP contribution in [0.15, 0.2) is 60.8 Å².